The molecule has 10 heteroatoms. The number of piperazine rings is 1. The van der Waals surface area contributed by atoms with E-state index in [0.717, 1.165) is 5.56 Å². The van der Waals surface area contributed by atoms with Crippen molar-refractivity contribution in [2.75, 3.05) is 45.3 Å². The molecule has 0 saturated carbocycles. The number of nitrogens with one attached hydrogen (secondary N) is 1. The first-order valence-electron chi connectivity index (χ1n) is 9.67. The summed E-state index contributed by atoms with van der Waals surface area (Å²) in [7, 11) is 2.99. The second-order valence-corrected chi connectivity index (χ2v) is 7.39. The van der Waals surface area contributed by atoms with Gasteiger partial charge in [-0.25, -0.2) is 0 Å². The number of thiocarbonyl (C=S) groups is 1. The summed E-state index contributed by atoms with van der Waals surface area (Å²) in [4.78, 5) is 27.6. The van der Waals surface area contributed by atoms with E-state index in [4.69, 9.17) is 21.7 Å². The summed E-state index contributed by atoms with van der Waals surface area (Å²) in [5.41, 5.74) is 1.80. The zero-order valence-corrected chi connectivity index (χ0v) is 18.4. The van der Waals surface area contributed by atoms with Crippen LogP contribution in [0.25, 0.3) is 0 Å². The fraction of sp³-hybridized carbons (Fsp3) is 0.333. The van der Waals surface area contributed by atoms with E-state index >= 15 is 0 Å². The number of amides is 1. The van der Waals surface area contributed by atoms with Gasteiger partial charge in [-0.3, -0.25) is 20.2 Å². The number of nitrogens with zero attached hydrogens (tertiary/aromatic N) is 3. The number of rotatable bonds is 5. The molecule has 0 atom stereocenters. The van der Waals surface area contributed by atoms with Crippen molar-refractivity contribution in [1.82, 2.24) is 10.2 Å². The van der Waals surface area contributed by atoms with Crippen LogP contribution in [0.15, 0.2) is 36.4 Å². The van der Waals surface area contributed by atoms with Crippen molar-refractivity contribution in [1.29, 1.82) is 0 Å². The lowest BCUT2D eigenvalue weighted by Crippen LogP contribution is -2.52. The molecule has 2 aromatic rings. The highest BCUT2D eigenvalue weighted by Crippen LogP contribution is 2.32. The molecule has 9 nitrogen and oxygen atoms in total. The first kappa shape index (κ1) is 22.3. The Labute approximate surface area is 185 Å². The van der Waals surface area contributed by atoms with Crippen LogP contribution in [0.4, 0.5) is 11.4 Å². The summed E-state index contributed by atoms with van der Waals surface area (Å²) in [6.07, 6.45) is 0. The van der Waals surface area contributed by atoms with Gasteiger partial charge in [0.25, 0.3) is 11.6 Å². The fourth-order valence-corrected chi connectivity index (χ4v) is 3.82. The van der Waals surface area contributed by atoms with E-state index in [1.54, 1.807) is 24.3 Å². The lowest BCUT2D eigenvalue weighted by Gasteiger charge is -2.37. The predicted octanol–water partition coefficient (Wildman–Crippen LogP) is 2.76. The monoisotopic (exact) mass is 444 g/mol. The molecule has 0 aliphatic carbocycles. The van der Waals surface area contributed by atoms with Crippen molar-refractivity contribution in [3.8, 4) is 11.5 Å². The van der Waals surface area contributed by atoms with Gasteiger partial charge in [0.2, 0.25) is 0 Å². The minimum atomic E-state index is -0.412. The highest BCUT2D eigenvalue weighted by molar-refractivity contribution is 7.80. The second-order valence-electron chi connectivity index (χ2n) is 7.00. The highest BCUT2D eigenvalue weighted by atomic mass is 32.1. The lowest BCUT2D eigenvalue weighted by atomic mass is 10.1. The molecule has 1 amide bonds. The van der Waals surface area contributed by atoms with Gasteiger partial charge in [-0.05, 0) is 42.9 Å². The molecule has 1 aliphatic heterocycles. The van der Waals surface area contributed by atoms with Crippen LogP contribution in [0.1, 0.15) is 15.9 Å². The molecule has 1 aliphatic rings. The van der Waals surface area contributed by atoms with Crippen molar-refractivity contribution in [3.05, 3.63) is 57.6 Å². The molecule has 0 radical (unpaired) electrons. The Morgan fingerprint density at radius 2 is 1.84 bits per heavy atom. The number of methoxy groups -OCH3 is 2. The number of anilines is 1. The molecule has 1 heterocycles. The average molecular weight is 445 g/mol. The fourth-order valence-electron chi connectivity index (χ4n) is 3.54. The Morgan fingerprint density at radius 1 is 1.13 bits per heavy atom. The maximum absolute atomic E-state index is 12.7. The van der Waals surface area contributed by atoms with Gasteiger partial charge in [-0.2, -0.15) is 0 Å². The van der Waals surface area contributed by atoms with Crippen LogP contribution in [-0.2, 0) is 0 Å². The number of nitro benzene ring substituents is 1. The minimum absolute atomic E-state index is 0.00442. The van der Waals surface area contributed by atoms with Gasteiger partial charge in [-0.15, -0.1) is 0 Å². The third-order valence-corrected chi connectivity index (χ3v) is 5.53. The Hall–Kier alpha value is -3.40. The SMILES string of the molecule is COc1ccc(N2CCN(C(=S)NC(=O)c3cccc(C)c3OC)CC2)c([N+](=O)[O-])c1. The van der Waals surface area contributed by atoms with E-state index in [-0.39, 0.29) is 11.6 Å². The van der Waals surface area contributed by atoms with Crippen molar-refractivity contribution >= 4 is 34.6 Å². The predicted molar refractivity (Wildman–Crippen MR) is 121 cm³/mol. The van der Waals surface area contributed by atoms with Crippen molar-refractivity contribution in [2.45, 2.75) is 6.92 Å². The van der Waals surface area contributed by atoms with E-state index in [1.165, 1.54) is 20.3 Å². The lowest BCUT2D eigenvalue weighted by molar-refractivity contribution is -0.384. The molecule has 31 heavy (non-hydrogen) atoms. The van der Waals surface area contributed by atoms with Crippen LogP contribution in [0.2, 0.25) is 0 Å². The van der Waals surface area contributed by atoms with Crippen LogP contribution in [0.5, 0.6) is 11.5 Å². The number of hydrogen-bond acceptors (Lipinski definition) is 7. The zero-order valence-electron chi connectivity index (χ0n) is 17.6. The first-order valence-corrected chi connectivity index (χ1v) is 10.1. The average Bonchev–Trinajstić information content (AvgIpc) is 2.78. The second kappa shape index (κ2) is 9.61. The van der Waals surface area contributed by atoms with Crippen LogP contribution in [0, 0.1) is 17.0 Å². The van der Waals surface area contributed by atoms with Crippen molar-refractivity contribution < 1.29 is 19.2 Å². The van der Waals surface area contributed by atoms with Crippen molar-refractivity contribution in [3.63, 3.8) is 0 Å². The van der Waals surface area contributed by atoms with E-state index in [1.807, 2.05) is 22.8 Å². The summed E-state index contributed by atoms with van der Waals surface area (Å²) >= 11 is 5.43. The molecule has 0 unspecified atom stereocenters. The number of aryl methyl sites for hydroxylation is 1. The van der Waals surface area contributed by atoms with Crippen LogP contribution >= 0.6 is 12.2 Å². The summed E-state index contributed by atoms with van der Waals surface area (Å²) in [5.74, 6) is 0.614. The molecule has 164 valence electrons. The Kier molecular flexibility index (Phi) is 6.91. The van der Waals surface area contributed by atoms with Gasteiger partial charge in [0.15, 0.2) is 5.11 Å². The van der Waals surface area contributed by atoms with E-state index in [0.29, 0.717) is 54.0 Å². The number of hydrogen-bond donors (Lipinski definition) is 1. The van der Waals surface area contributed by atoms with Crippen LogP contribution in [0.3, 0.4) is 0 Å². The van der Waals surface area contributed by atoms with E-state index in [9.17, 15) is 14.9 Å². The molecule has 0 bridgehead atoms. The quantitative estimate of drug-likeness (QED) is 0.427. The summed E-state index contributed by atoms with van der Waals surface area (Å²) in [6, 6.07) is 10.2. The summed E-state index contributed by atoms with van der Waals surface area (Å²) in [6.45, 7) is 3.96. The van der Waals surface area contributed by atoms with Crippen LogP contribution in [-0.4, -0.2) is 61.2 Å². The molecule has 1 fully saturated rings. The van der Waals surface area contributed by atoms with Gasteiger partial charge in [0.1, 0.15) is 17.2 Å². The van der Waals surface area contributed by atoms with Crippen molar-refractivity contribution in [2.24, 2.45) is 0 Å². The molecule has 0 aromatic heterocycles. The van der Waals surface area contributed by atoms with E-state index in [2.05, 4.69) is 5.32 Å². The summed E-state index contributed by atoms with van der Waals surface area (Å²) in [5, 5.41) is 14.6. The third-order valence-electron chi connectivity index (χ3n) is 5.17. The topological polar surface area (TPSA) is 97.2 Å². The van der Waals surface area contributed by atoms with E-state index < -0.39 is 4.92 Å². The number of carbonyl (C=O) groups is 1. The maximum atomic E-state index is 12.7. The number of ether oxygens (including phenoxy) is 2. The molecule has 0 spiro atoms. The Balaban J connectivity index is 1.65. The zero-order chi connectivity index (χ0) is 22.5. The molecule has 3 rings (SSSR count). The smallest absolute Gasteiger partial charge is 0.296 e. The molecule has 1 N–H and O–H groups in total. The summed E-state index contributed by atoms with van der Waals surface area (Å²) < 4.78 is 10.4. The first-order chi connectivity index (χ1) is 14.8. The van der Waals surface area contributed by atoms with Gasteiger partial charge < -0.3 is 19.3 Å². The van der Waals surface area contributed by atoms with Gasteiger partial charge in [-0.1, -0.05) is 12.1 Å². The Morgan fingerprint density at radius 3 is 2.45 bits per heavy atom. The molecule has 1 saturated heterocycles. The number of benzene rings is 2. The number of nitro groups is 1. The highest BCUT2D eigenvalue weighted by Gasteiger charge is 2.26. The van der Waals surface area contributed by atoms with Crippen LogP contribution < -0.4 is 19.7 Å². The molecular formula is C21H24N4O5S. The standard InChI is InChI=1S/C21H24N4O5S/c1-14-5-4-6-16(19(14)30-3)20(26)22-21(31)24-11-9-23(10-12-24)17-8-7-15(29-2)13-18(17)25(27)28/h4-8,13H,9-12H2,1-3H3,(H,22,26,31). The molecule has 2 aromatic carbocycles. The third kappa shape index (κ3) is 4.85. The normalized spacial score (nSPS) is 13.5. The largest absolute Gasteiger partial charge is 0.496 e. The molecular weight excluding hydrogens is 420 g/mol. The Bertz CT molecular complexity index is 1010. The maximum Gasteiger partial charge on any atom is 0.296 e. The van der Waals surface area contributed by atoms with Gasteiger partial charge >= 0.3 is 0 Å². The number of para-hydroxylation sites is 1. The van der Waals surface area contributed by atoms with Gasteiger partial charge in [0.05, 0.1) is 30.8 Å². The van der Waals surface area contributed by atoms with Gasteiger partial charge in [0, 0.05) is 26.2 Å². The number of carbonyl (C=O) groups excluding carboxylic acids is 1. The minimum Gasteiger partial charge on any atom is -0.496 e.